The van der Waals surface area contributed by atoms with Gasteiger partial charge in [-0.3, -0.25) is 0 Å². The number of nitrogens with zero attached hydrogens (tertiary/aromatic N) is 1. The van der Waals surface area contributed by atoms with Crippen LogP contribution in [0.3, 0.4) is 0 Å². The van der Waals surface area contributed by atoms with Crippen molar-refractivity contribution in [2.75, 3.05) is 20.3 Å². The van der Waals surface area contributed by atoms with Crippen molar-refractivity contribution in [3.63, 3.8) is 0 Å². The molecule has 1 aromatic rings. The normalized spacial score (nSPS) is 10.8. The summed E-state index contributed by atoms with van der Waals surface area (Å²) in [4.78, 5) is 11.5. The van der Waals surface area contributed by atoms with Crippen LogP contribution in [0.25, 0.3) is 0 Å². The molecule has 0 atom stereocenters. The fraction of sp³-hybridized carbons (Fsp3) is 0.583. The third-order valence-electron chi connectivity index (χ3n) is 2.27. The number of esters is 1. The van der Waals surface area contributed by atoms with Gasteiger partial charge in [0.1, 0.15) is 5.69 Å². The lowest BCUT2D eigenvalue weighted by Crippen LogP contribution is -2.25. The largest absolute Gasteiger partial charge is 0.464 e. The van der Waals surface area contributed by atoms with E-state index >= 15 is 0 Å². The number of methoxy groups -OCH3 is 1. The average molecular weight is 241 g/mol. The van der Waals surface area contributed by atoms with Gasteiger partial charge < -0.3 is 18.8 Å². The van der Waals surface area contributed by atoms with E-state index in [9.17, 15) is 4.79 Å². The Labute approximate surface area is 101 Å². The first-order valence-electron chi connectivity index (χ1n) is 5.69. The highest BCUT2D eigenvalue weighted by molar-refractivity contribution is 5.87. The van der Waals surface area contributed by atoms with E-state index in [1.807, 2.05) is 13.8 Å². The van der Waals surface area contributed by atoms with E-state index in [-0.39, 0.29) is 12.3 Å². The molecule has 17 heavy (non-hydrogen) atoms. The molecule has 1 heterocycles. The highest BCUT2D eigenvalue weighted by Gasteiger charge is 2.15. The van der Waals surface area contributed by atoms with Crippen molar-refractivity contribution in [2.24, 2.45) is 0 Å². The molecule has 5 nitrogen and oxygen atoms in total. The summed E-state index contributed by atoms with van der Waals surface area (Å²) in [7, 11) is 1.36. The number of carbonyl (C=O) groups is 1. The fourth-order valence-corrected chi connectivity index (χ4v) is 1.55. The summed E-state index contributed by atoms with van der Waals surface area (Å²) in [6.45, 7) is 5.42. The highest BCUT2D eigenvalue weighted by atomic mass is 16.7. The van der Waals surface area contributed by atoms with Gasteiger partial charge in [-0.15, -0.1) is 0 Å². The maximum atomic E-state index is 11.5. The second kappa shape index (κ2) is 7.09. The molecule has 0 saturated heterocycles. The highest BCUT2D eigenvalue weighted by Crippen LogP contribution is 2.08. The summed E-state index contributed by atoms with van der Waals surface area (Å²) in [5.74, 6) is -0.359. The van der Waals surface area contributed by atoms with Crippen molar-refractivity contribution < 1.29 is 19.0 Å². The molecule has 0 radical (unpaired) electrons. The molecule has 5 heteroatoms. The van der Waals surface area contributed by atoms with E-state index in [2.05, 4.69) is 0 Å². The Morgan fingerprint density at radius 2 is 2.00 bits per heavy atom. The van der Waals surface area contributed by atoms with Gasteiger partial charge in [-0.1, -0.05) is 0 Å². The molecule has 0 spiro atoms. The number of hydrogen-bond donors (Lipinski definition) is 0. The summed E-state index contributed by atoms with van der Waals surface area (Å²) < 4.78 is 17.3. The van der Waals surface area contributed by atoms with Crippen LogP contribution in [-0.2, 0) is 20.8 Å². The minimum Gasteiger partial charge on any atom is -0.464 e. The number of ether oxygens (including phenoxy) is 3. The van der Waals surface area contributed by atoms with Gasteiger partial charge in [-0.25, -0.2) is 4.79 Å². The molecule has 0 aliphatic carbocycles. The van der Waals surface area contributed by atoms with Crippen molar-refractivity contribution in [1.82, 2.24) is 4.57 Å². The van der Waals surface area contributed by atoms with E-state index in [1.165, 1.54) is 7.11 Å². The van der Waals surface area contributed by atoms with Gasteiger partial charge in [0.2, 0.25) is 0 Å². The van der Waals surface area contributed by atoms with Crippen LogP contribution < -0.4 is 0 Å². The summed E-state index contributed by atoms with van der Waals surface area (Å²) >= 11 is 0. The molecule has 0 aromatic carbocycles. The van der Waals surface area contributed by atoms with Crippen LogP contribution in [0.2, 0.25) is 0 Å². The lowest BCUT2D eigenvalue weighted by molar-refractivity contribution is -0.143. The molecule has 0 unspecified atom stereocenters. The third-order valence-corrected chi connectivity index (χ3v) is 2.27. The van der Waals surface area contributed by atoms with Crippen LogP contribution >= 0.6 is 0 Å². The van der Waals surface area contributed by atoms with Crippen molar-refractivity contribution >= 4 is 5.97 Å². The van der Waals surface area contributed by atoms with E-state index < -0.39 is 0 Å². The van der Waals surface area contributed by atoms with E-state index in [1.54, 1.807) is 22.9 Å². The molecule has 0 saturated carbocycles. The Morgan fingerprint density at radius 1 is 1.35 bits per heavy atom. The van der Waals surface area contributed by atoms with Gasteiger partial charge >= 0.3 is 5.97 Å². The van der Waals surface area contributed by atoms with Crippen LogP contribution in [0.15, 0.2) is 18.3 Å². The van der Waals surface area contributed by atoms with Gasteiger partial charge in [0.15, 0.2) is 6.29 Å². The number of rotatable bonds is 7. The molecule has 0 fully saturated rings. The van der Waals surface area contributed by atoms with Gasteiger partial charge in [0, 0.05) is 19.4 Å². The maximum absolute atomic E-state index is 11.5. The van der Waals surface area contributed by atoms with Crippen LogP contribution in [-0.4, -0.2) is 37.1 Å². The fourth-order valence-electron chi connectivity index (χ4n) is 1.55. The number of aromatic nitrogens is 1. The second-order valence-corrected chi connectivity index (χ2v) is 3.38. The second-order valence-electron chi connectivity index (χ2n) is 3.38. The third kappa shape index (κ3) is 3.87. The number of carbonyl (C=O) groups excluding carboxylic acids is 1. The first kappa shape index (κ1) is 13.7. The molecule has 1 aromatic heterocycles. The Morgan fingerprint density at radius 3 is 2.53 bits per heavy atom. The minimum absolute atomic E-state index is 0.346. The van der Waals surface area contributed by atoms with Crippen molar-refractivity contribution in [3.8, 4) is 0 Å². The predicted molar refractivity (Wildman–Crippen MR) is 62.8 cm³/mol. The standard InChI is InChI=1S/C12H19NO4/c1-4-16-11(17-5-2)9-13-8-6-7-10(13)12(14)15-3/h6-8,11H,4-5,9H2,1-3H3. The summed E-state index contributed by atoms with van der Waals surface area (Å²) in [6, 6.07) is 3.50. The Balaban J connectivity index is 2.71. The lowest BCUT2D eigenvalue weighted by atomic mass is 10.4. The van der Waals surface area contributed by atoms with Crippen LogP contribution in [0, 0.1) is 0 Å². The van der Waals surface area contributed by atoms with Crippen molar-refractivity contribution in [1.29, 1.82) is 0 Å². The molecule has 0 bridgehead atoms. The maximum Gasteiger partial charge on any atom is 0.354 e. The van der Waals surface area contributed by atoms with E-state index in [0.717, 1.165) is 0 Å². The molecule has 0 aliphatic rings. The summed E-state index contributed by atoms with van der Waals surface area (Å²) in [5.41, 5.74) is 0.497. The molecule has 96 valence electrons. The smallest absolute Gasteiger partial charge is 0.354 e. The first-order valence-corrected chi connectivity index (χ1v) is 5.69. The zero-order chi connectivity index (χ0) is 12.7. The Kier molecular flexibility index (Phi) is 5.72. The van der Waals surface area contributed by atoms with Gasteiger partial charge in [-0.05, 0) is 26.0 Å². The zero-order valence-electron chi connectivity index (χ0n) is 10.5. The first-order chi connectivity index (χ1) is 8.22. The van der Waals surface area contributed by atoms with Crippen LogP contribution in [0.4, 0.5) is 0 Å². The molecular formula is C12H19NO4. The van der Waals surface area contributed by atoms with Crippen LogP contribution in [0.1, 0.15) is 24.3 Å². The van der Waals surface area contributed by atoms with Gasteiger partial charge in [0.05, 0.1) is 13.7 Å². The average Bonchev–Trinajstić information content (AvgIpc) is 2.77. The lowest BCUT2D eigenvalue weighted by Gasteiger charge is -2.18. The van der Waals surface area contributed by atoms with Crippen molar-refractivity contribution in [2.45, 2.75) is 26.7 Å². The van der Waals surface area contributed by atoms with E-state index in [0.29, 0.717) is 25.5 Å². The molecule has 0 amide bonds. The summed E-state index contributed by atoms with van der Waals surface area (Å²) in [5, 5.41) is 0. The quantitative estimate of drug-likeness (QED) is 0.538. The Hall–Kier alpha value is -1.33. The van der Waals surface area contributed by atoms with Crippen molar-refractivity contribution in [3.05, 3.63) is 24.0 Å². The SMILES string of the molecule is CCOC(Cn1cccc1C(=O)OC)OCC. The molecule has 0 aliphatic heterocycles. The molecule has 0 N–H and O–H groups in total. The molecular weight excluding hydrogens is 222 g/mol. The number of hydrogen-bond acceptors (Lipinski definition) is 4. The van der Waals surface area contributed by atoms with Gasteiger partial charge in [-0.2, -0.15) is 0 Å². The zero-order valence-corrected chi connectivity index (χ0v) is 10.5. The minimum atomic E-state index is -0.359. The summed E-state index contributed by atoms with van der Waals surface area (Å²) in [6.07, 6.45) is 1.46. The topological polar surface area (TPSA) is 49.7 Å². The van der Waals surface area contributed by atoms with Crippen LogP contribution in [0.5, 0.6) is 0 Å². The monoisotopic (exact) mass is 241 g/mol. The predicted octanol–water partition coefficient (Wildman–Crippen LogP) is 1.67. The molecule has 1 rings (SSSR count). The van der Waals surface area contributed by atoms with Gasteiger partial charge in [0.25, 0.3) is 0 Å². The Bertz CT molecular complexity index is 342. The van der Waals surface area contributed by atoms with E-state index in [4.69, 9.17) is 14.2 Å².